The Morgan fingerprint density at radius 2 is 2.06 bits per heavy atom. The largest absolute Gasteiger partial charge is 0.381 e. The monoisotopic (exact) mass is 495 g/mol. The molecule has 10 heteroatoms. The van der Waals surface area contributed by atoms with E-state index in [1.807, 2.05) is 36.7 Å². The van der Waals surface area contributed by atoms with E-state index in [0.29, 0.717) is 23.7 Å². The van der Waals surface area contributed by atoms with Crippen molar-refractivity contribution >= 4 is 45.4 Å². The first kappa shape index (κ1) is 22.7. The summed E-state index contributed by atoms with van der Waals surface area (Å²) in [5, 5.41) is 16.8. The Kier molecular flexibility index (Phi) is 6.70. The Morgan fingerprint density at radius 1 is 1.21 bits per heavy atom. The first-order valence-corrected chi connectivity index (χ1v) is 13.0. The summed E-state index contributed by atoms with van der Waals surface area (Å²) in [4.78, 5) is 31.7. The number of rotatable bonds is 7. The van der Waals surface area contributed by atoms with Crippen LogP contribution in [0.2, 0.25) is 0 Å². The molecule has 1 aromatic carbocycles. The molecule has 1 atom stereocenters. The molecule has 8 nitrogen and oxygen atoms in total. The highest BCUT2D eigenvalue weighted by Gasteiger charge is 2.21. The molecule has 0 radical (unpaired) electrons. The molecule has 0 saturated carbocycles. The third kappa shape index (κ3) is 4.89. The first-order chi connectivity index (χ1) is 16.6. The molecular formula is C24H25N5O3S2. The van der Waals surface area contributed by atoms with Crippen molar-refractivity contribution in [2.75, 3.05) is 13.2 Å². The molecular weight excluding hydrogens is 470 g/mol. The highest BCUT2D eigenvalue weighted by molar-refractivity contribution is 7.16. The quantitative estimate of drug-likeness (QED) is 0.349. The fourth-order valence-electron chi connectivity index (χ4n) is 3.95. The minimum atomic E-state index is -0.145. The van der Waals surface area contributed by atoms with Gasteiger partial charge in [-0.2, -0.15) is 5.10 Å². The van der Waals surface area contributed by atoms with E-state index < -0.39 is 0 Å². The van der Waals surface area contributed by atoms with Crippen molar-refractivity contribution in [3.63, 3.8) is 0 Å². The number of aromatic amines is 1. The van der Waals surface area contributed by atoms with Crippen LogP contribution >= 0.6 is 22.7 Å². The summed E-state index contributed by atoms with van der Waals surface area (Å²) >= 11 is 2.96. The molecule has 2 amide bonds. The average molecular weight is 496 g/mol. The lowest BCUT2D eigenvalue weighted by Gasteiger charge is -2.22. The molecule has 1 saturated heterocycles. The van der Waals surface area contributed by atoms with Crippen LogP contribution in [0.4, 0.5) is 0 Å². The van der Waals surface area contributed by atoms with Gasteiger partial charge < -0.3 is 15.4 Å². The van der Waals surface area contributed by atoms with Crippen molar-refractivity contribution in [1.29, 1.82) is 0 Å². The second kappa shape index (κ2) is 10.0. The van der Waals surface area contributed by atoms with E-state index in [4.69, 9.17) is 4.74 Å². The van der Waals surface area contributed by atoms with Crippen molar-refractivity contribution in [3.8, 4) is 10.6 Å². The summed E-state index contributed by atoms with van der Waals surface area (Å²) in [7, 11) is 0. The fourth-order valence-corrected chi connectivity index (χ4v) is 5.85. The Morgan fingerprint density at radius 3 is 2.88 bits per heavy atom. The van der Waals surface area contributed by atoms with Gasteiger partial charge in [0.1, 0.15) is 5.01 Å². The van der Waals surface area contributed by atoms with Crippen LogP contribution < -0.4 is 10.6 Å². The van der Waals surface area contributed by atoms with E-state index in [0.717, 1.165) is 45.6 Å². The number of hydrogen-bond acceptors (Lipinski definition) is 7. The van der Waals surface area contributed by atoms with Crippen LogP contribution in [-0.4, -0.2) is 46.3 Å². The Labute approximate surface area is 204 Å². The predicted octanol–water partition coefficient (Wildman–Crippen LogP) is 4.54. The minimum absolute atomic E-state index is 0.0479. The van der Waals surface area contributed by atoms with Gasteiger partial charge in [-0.25, -0.2) is 4.98 Å². The maximum atomic E-state index is 12.9. The molecule has 0 aliphatic carbocycles. The number of carbonyl (C=O) groups excluding carboxylic acids is 2. The van der Waals surface area contributed by atoms with E-state index in [-0.39, 0.29) is 23.9 Å². The summed E-state index contributed by atoms with van der Waals surface area (Å²) in [5.41, 5.74) is 2.41. The standard InChI is InChI=1S/C24H25N5O3S2/c1-2-18(28-22(30)14-3-4-19-15(9-14)11-26-29-19)21-12-25-24(34-21)16-10-20(33-13-16)23(31)27-17-5-7-32-8-6-17/h3-4,9-13,17-18H,2,5-8H2,1H3,(H,26,29)(H,27,31)(H,28,30)/t18-/m1/s1. The van der Waals surface area contributed by atoms with Gasteiger partial charge in [0.05, 0.1) is 22.6 Å². The van der Waals surface area contributed by atoms with Gasteiger partial charge in [0.25, 0.3) is 11.8 Å². The molecule has 1 fully saturated rings. The first-order valence-electron chi connectivity index (χ1n) is 11.3. The molecule has 1 aliphatic rings. The van der Waals surface area contributed by atoms with Crippen LogP contribution in [0, 0.1) is 0 Å². The van der Waals surface area contributed by atoms with Crippen LogP contribution in [0.3, 0.4) is 0 Å². The molecule has 0 spiro atoms. The van der Waals surface area contributed by atoms with Gasteiger partial charge in [-0.1, -0.05) is 6.92 Å². The molecule has 4 aromatic rings. The van der Waals surface area contributed by atoms with Gasteiger partial charge in [0.2, 0.25) is 0 Å². The lowest BCUT2D eigenvalue weighted by Crippen LogP contribution is -2.38. The average Bonchev–Trinajstić information content (AvgIpc) is 3.62. The lowest BCUT2D eigenvalue weighted by molar-refractivity contribution is 0.0698. The van der Waals surface area contributed by atoms with Crippen molar-refractivity contribution in [3.05, 3.63) is 57.4 Å². The Hall–Kier alpha value is -3.08. The number of thiophene rings is 1. The summed E-state index contributed by atoms with van der Waals surface area (Å²) in [6.07, 6.45) is 5.95. The van der Waals surface area contributed by atoms with Crippen LogP contribution in [0.15, 0.2) is 42.0 Å². The summed E-state index contributed by atoms with van der Waals surface area (Å²) < 4.78 is 5.36. The lowest BCUT2D eigenvalue weighted by atomic mass is 10.1. The summed E-state index contributed by atoms with van der Waals surface area (Å²) in [6.45, 7) is 3.41. The van der Waals surface area contributed by atoms with Crippen molar-refractivity contribution in [2.45, 2.75) is 38.3 Å². The van der Waals surface area contributed by atoms with Gasteiger partial charge in [-0.3, -0.25) is 14.7 Å². The number of carbonyl (C=O) groups is 2. The number of ether oxygens (including phenoxy) is 1. The highest BCUT2D eigenvalue weighted by atomic mass is 32.1. The maximum Gasteiger partial charge on any atom is 0.261 e. The number of benzene rings is 1. The maximum absolute atomic E-state index is 12.9. The number of nitrogens with zero attached hydrogens (tertiary/aromatic N) is 2. The van der Waals surface area contributed by atoms with E-state index in [1.54, 1.807) is 12.3 Å². The van der Waals surface area contributed by atoms with Gasteiger partial charge in [0.15, 0.2) is 0 Å². The van der Waals surface area contributed by atoms with Crippen molar-refractivity contribution in [2.24, 2.45) is 0 Å². The van der Waals surface area contributed by atoms with E-state index in [1.165, 1.54) is 22.7 Å². The molecule has 176 valence electrons. The van der Waals surface area contributed by atoms with Crippen LogP contribution in [0.1, 0.15) is 57.1 Å². The smallest absolute Gasteiger partial charge is 0.261 e. The fraction of sp³-hybridized carbons (Fsp3) is 0.333. The number of nitrogens with one attached hydrogen (secondary N) is 3. The summed E-state index contributed by atoms with van der Waals surface area (Å²) in [5.74, 6) is -0.180. The SMILES string of the molecule is CC[C@@H](NC(=O)c1ccc2[nH]ncc2c1)c1cnc(-c2csc(C(=O)NC3CCOCC3)c2)s1. The zero-order chi connectivity index (χ0) is 23.5. The Balaban J connectivity index is 1.25. The van der Waals surface area contributed by atoms with E-state index in [2.05, 4.69) is 25.8 Å². The van der Waals surface area contributed by atoms with E-state index in [9.17, 15) is 9.59 Å². The van der Waals surface area contributed by atoms with Gasteiger partial charge in [-0.15, -0.1) is 22.7 Å². The molecule has 0 unspecified atom stereocenters. The number of H-pyrrole nitrogens is 1. The Bertz CT molecular complexity index is 1300. The third-order valence-corrected chi connectivity index (χ3v) is 8.00. The highest BCUT2D eigenvalue weighted by Crippen LogP contribution is 2.33. The van der Waals surface area contributed by atoms with Crippen molar-refractivity contribution < 1.29 is 14.3 Å². The second-order valence-corrected chi connectivity index (χ2v) is 10.2. The van der Waals surface area contributed by atoms with Gasteiger partial charge in [0, 0.05) is 52.2 Å². The minimum Gasteiger partial charge on any atom is -0.381 e. The number of fused-ring (bicyclic) bond motifs is 1. The number of aromatic nitrogens is 3. The van der Waals surface area contributed by atoms with Crippen molar-refractivity contribution in [1.82, 2.24) is 25.8 Å². The topological polar surface area (TPSA) is 109 Å². The zero-order valence-corrected chi connectivity index (χ0v) is 20.3. The molecule has 1 aliphatic heterocycles. The molecule has 0 bridgehead atoms. The van der Waals surface area contributed by atoms with Crippen LogP contribution in [0.5, 0.6) is 0 Å². The molecule has 34 heavy (non-hydrogen) atoms. The molecule has 3 aromatic heterocycles. The number of amides is 2. The molecule has 5 rings (SSSR count). The predicted molar refractivity (Wildman–Crippen MR) is 133 cm³/mol. The third-order valence-electron chi connectivity index (χ3n) is 5.91. The van der Waals surface area contributed by atoms with Gasteiger partial charge >= 0.3 is 0 Å². The van der Waals surface area contributed by atoms with Crippen LogP contribution in [0.25, 0.3) is 21.5 Å². The second-order valence-electron chi connectivity index (χ2n) is 8.23. The summed E-state index contributed by atoms with van der Waals surface area (Å²) in [6, 6.07) is 7.39. The van der Waals surface area contributed by atoms with E-state index >= 15 is 0 Å². The zero-order valence-electron chi connectivity index (χ0n) is 18.7. The number of hydrogen-bond donors (Lipinski definition) is 3. The molecule has 4 heterocycles. The normalized spacial score (nSPS) is 15.3. The van der Waals surface area contributed by atoms with Crippen LogP contribution in [-0.2, 0) is 4.74 Å². The van der Waals surface area contributed by atoms with Gasteiger partial charge in [-0.05, 0) is 43.5 Å². The number of thiazole rings is 1. The molecule has 3 N–H and O–H groups in total.